The van der Waals surface area contributed by atoms with E-state index in [0.717, 1.165) is 36.8 Å². The van der Waals surface area contributed by atoms with Gasteiger partial charge in [-0.25, -0.2) is 0 Å². The number of carboxylic acid groups (broad SMARTS) is 1. The smallest absolute Gasteiger partial charge is 0.305 e. The molecule has 0 amide bonds. The molecule has 1 aromatic rings. The average Bonchev–Trinajstić information content (AvgIpc) is 2.36. The summed E-state index contributed by atoms with van der Waals surface area (Å²) >= 11 is 6.22. The zero-order valence-electron chi connectivity index (χ0n) is 10.9. The molecule has 0 spiro atoms. The minimum absolute atomic E-state index is 0.122. The van der Waals surface area contributed by atoms with Crippen LogP contribution in [0.5, 0.6) is 5.75 Å². The summed E-state index contributed by atoms with van der Waals surface area (Å²) in [6.07, 6.45) is 3.97. The van der Waals surface area contributed by atoms with Crippen LogP contribution in [-0.4, -0.2) is 18.2 Å². The number of benzene rings is 1. The largest absolute Gasteiger partial charge is 0.495 e. The van der Waals surface area contributed by atoms with E-state index in [2.05, 4.69) is 0 Å². The summed E-state index contributed by atoms with van der Waals surface area (Å²) in [4.78, 5) is 10.9. The summed E-state index contributed by atoms with van der Waals surface area (Å²) in [5, 5.41) is 9.44. The Morgan fingerprint density at radius 2 is 2.21 bits per heavy atom. The Bertz CT molecular complexity index is 502. The molecule has 1 aromatic carbocycles. The molecule has 0 saturated heterocycles. The average molecular weight is 284 g/mol. The van der Waals surface area contributed by atoms with Crippen LogP contribution < -0.4 is 10.5 Å². The quantitative estimate of drug-likeness (QED) is 0.891. The maximum atomic E-state index is 10.9. The van der Waals surface area contributed by atoms with Crippen molar-refractivity contribution in [2.24, 2.45) is 5.73 Å². The Morgan fingerprint density at radius 3 is 2.84 bits per heavy atom. The van der Waals surface area contributed by atoms with Crippen LogP contribution in [0.4, 0.5) is 0 Å². The number of methoxy groups -OCH3 is 1. The molecular formula is C14H18ClNO3. The third-order valence-corrected chi connectivity index (χ3v) is 3.85. The third-order valence-electron chi connectivity index (χ3n) is 3.57. The van der Waals surface area contributed by atoms with Gasteiger partial charge in [0.05, 0.1) is 18.6 Å². The van der Waals surface area contributed by atoms with Gasteiger partial charge in [0.1, 0.15) is 5.75 Å². The van der Waals surface area contributed by atoms with Crippen LogP contribution in [0.3, 0.4) is 0 Å². The van der Waals surface area contributed by atoms with E-state index in [0.29, 0.717) is 10.8 Å². The van der Waals surface area contributed by atoms with Gasteiger partial charge in [0.15, 0.2) is 0 Å². The van der Waals surface area contributed by atoms with Crippen LogP contribution in [0.25, 0.3) is 0 Å². The molecule has 0 aromatic heterocycles. The van der Waals surface area contributed by atoms with Crippen LogP contribution in [0.15, 0.2) is 6.07 Å². The lowest BCUT2D eigenvalue weighted by molar-refractivity contribution is -0.137. The molecule has 1 aliphatic rings. The van der Waals surface area contributed by atoms with Crippen molar-refractivity contribution in [2.75, 3.05) is 7.11 Å². The molecule has 0 saturated carbocycles. The highest BCUT2D eigenvalue weighted by Crippen LogP contribution is 2.40. The second kappa shape index (κ2) is 5.80. The van der Waals surface area contributed by atoms with Crippen LogP contribution >= 0.6 is 11.6 Å². The molecule has 5 heteroatoms. The summed E-state index contributed by atoms with van der Waals surface area (Å²) in [7, 11) is 1.54. The lowest BCUT2D eigenvalue weighted by atomic mass is 9.84. The monoisotopic (exact) mass is 283 g/mol. The Morgan fingerprint density at radius 1 is 1.53 bits per heavy atom. The van der Waals surface area contributed by atoms with Gasteiger partial charge in [0.25, 0.3) is 0 Å². The van der Waals surface area contributed by atoms with Crippen molar-refractivity contribution in [3.63, 3.8) is 0 Å². The Hall–Kier alpha value is -1.26. The number of aryl methyl sites for hydroxylation is 1. The van der Waals surface area contributed by atoms with Crippen molar-refractivity contribution < 1.29 is 14.6 Å². The molecular weight excluding hydrogens is 266 g/mol. The topological polar surface area (TPSA) is 72.5 Å². The molecule has 4 nitrogen and oxygen atoms in total. The first-order chi connectivity index (χ1) is 9.04. The minimum atomic E-state index is -0.918. The Balaban J connectivity index is 2.54. The van der Waals surface area contributed by atoms with Gasteiger partial charge in [0, 0.05) is 11.6 Å². The van der Waals surface area contributed by atoms with Crippen LogP contribution in [0.1, 0.15) is 42.0 Å². The van der Waals surface area contributed by atoms with E-state index in [-0.39, 0.29) is 6.42 Å². The number of ether oxygens (including phenoxy) is 1. The number of halogens is 1. The second-order valence-electron chi connectivity index (χ2n) is 4.85. The van der Waals surface area contributed by atoms with Crippen LogP contribution in [-0.2, 0) is 17.6 Å². The lowest BCUT2D eigenvalue weighted by Crippen LogP contribution is -2.20. The number of carbonyl (C=O) groups is 1. The molecule has 0 fully saturated rings. The van der Waals surface area contributed by atoms with Crippen molar-refractivity contribution in [1.82, 2.24) is 0 Å². The van der Waals surface area contributed by atoms with Crippen molar-refractivity contribution in [1.29, 1.82) is 0 Å². The van der Waals surface area contributed by atoms with Gasteiger partial charge >= 0.3 is 5.97 Å². The van der Waals surface area contributed by atoms with Crippen molar-refractivity contribution in [2.45, 2.75) is 38.1 Å². The molecule has 0 aliphatic heterocycles. The number of aliphatic carboxylic acids is 1. The van der Waals surface area contributed by atoms with Crippen LogP contribution in [0, 0.1) is 0 Å². The first-order valence-corrected chi connectivity index (χ1v) is 6.78. The number of rotatable bonds is 4. The van der Waals surface area contributed by atoms with Crippen LogP contribution in [0.2, 0.25) is 5.02 Å². The normalized spacial score (nSPS) is 15.7. The predicted molar refractivity (Wildman–Crippen MR) is 73.8 cm³/mol. The third kappa shape index (κ3) is 2.85. The molecule has 3 N–H and O–H groups in total. The van der Waals surface area contributed by atoms with E-state index in [1.54, 1.807) is 0 Å². The van der Waals surface area contributed by atoms with Crippen molar-refractivity contribution in [3.8, 4) is 5.75 Å². The van der Waals surface area contributed by atoms with Gasteiger partial charge in [-0.2, -0.15) is 0 Å². The van der Waals surface area contributed by atoms with E-state index >= 15 is 0 Å². The van der Waals surface area contributed by atoms with Gasteiger partial charge in [-0.05, 0) is 42.9 Å². The molecule has 0 radical (unpaired) electrons. The number of fused-ring (bicyclic) bond motifs is 1. The van der Waals surface area contributed by atoms with E-state index in [9.17, 15) is 4.79 Å². The fourth-order valence-electron chi connectivity index (χ4n) is 2.77. The molecule has 19 heavy (non-hydrogen) atoms. The number of carboxylic acids is 1. The number of hydrogen-bond acceptors (Lipinski definition) is 3. The van der Waals surface area contributed by atoms with E-state index in [1.807, 2.05) is 6.07 Å². The highest BCUT2D eigenvalue weighted by Gasteiger charge is 2.25. The highest BCUT2D eigenvalue weighted by atomic mass is 35.5. The first-order valence-electron chi connectivity index (χ1n) is 6.40. The number of hydrogen-bond donors (Lipinski definition) is 2. The minimum Gasteiger partial charge on any atom is -0.495 e. The van der Waals surface area contributed by atoms with Crippen molar-refractivity contribution in [3.05, 3.63) is 27.8 Å². The van der Waals surface area contributed by atoms with E-state index in [4.69, 9.17) is 27.2 Å². The van der Waals surface area contributed by atoms with Gasteiger partial charge in [-0.1, -0.05) is 11.6 Å². The van der Waals surface area contributed by atoms with Gasteiger partial charge in [-0.15, -0.1) is 0 Å². The second-order valence-corrected chi connectivity index (χ2v) is 5.26. The lowest BCUT2D eigenvalue weighted by Gasteiger charge is -2.25. The summed E-state index contributed by atoms with van der Waals surface area (Å²) in [6, 6.07) is 1.34. The molecule has 1 aliphatic carbocycles. The summed E-state index contributed by atoms with van der Waals surface area (Å²) < 4.78 is 5.34. The molecule has 0 bridgehead atoms. The van der Waals surface area contributed by atoms with Gasteiger partial charge in [0.2, 0.25) is 0 Å². The summed E-state index contributed by atoms with van der Waals surface area (Å²) in [5.41, 5.74) is 9.12. The first kappa shape index (κ1) is 14.2. The summed E-state index contributed by atoms with van der Waals surface area (Å²) in [6.45, 7) is 0. The van der Waals surface area contributed by atoms with Gasteiger partial charge in [-0.3, -0.25) is 4.79 Å². The molecule has 1 unspecified atom stereocenters. The van der Waals surface area contributed by atoms with Gasteiger partial charge < -0.3 is 15.6 Å². The standard InChI is InChI=1S/C14H18ClNO3/c1-19-14-10(15)6-8-4-2-3-5-9(8)13(14)11(16)7-12(17)18/h6,11H,2-5,7,16H2,1H3,(H,17,18). The Labute approximate surface area is 117 Å². The highest BCUT2D eigenvalue weighted by molar-refractivity contribution is 6.32. The number of nitrogens with two attached hydrogens (primary N) is 1. The molecule has 1 atom stereocenters. The molecule has 0 heterocycles. The zero-order chi connectivity index (χ0) is 14.0. The fraction of sp³-hybridized carbons (Fsp3) is 0.500. The summed E-state index contributed by atoms with van der Waals surface area (Å²) in [5.74, 6) is -0.393. The predicted octanol–water partition coefficient (Wildman–Crippen LogP) is 2.70. The van der Waals surface area contributed by atoms with E-state index in [1.165, 1.54) is 12.7 Å². The molecule has 2 rings (SSSR count). The van der Waals surface area contributed by atoms with E-state index < -0.39 is 12.0 Å². The zero-order valence-corrected chi connectivity index (χ0v) is 11.7. The maximum absolute atomic E-state index is 10.9. The maximum Gasteiger partial charge on any atom is 0.305 e. The van der Waals surface area contributed by atoms with Crippen molar-refractivity contribution >= 4 is 17.6 Å². The SMILES string of the molecule is COc1c(Cl)cc2c(c1C(N)CC(=O)O)CCCC2. The Kier molecular flexibility index (Phi) is 4.32. The fourth-order valence-corrected chi connectivity index (χ4v) is 3.08. The molecule has 104 valence electrons.